The quantitative estimate of drug-likeness (QED) is 0.483. The minimum atomic E-state index is -1.05. The number of esters is 1. The van der Waals surface area contributed by atoms with Gasteiger partial charge in [0.25, 0.3) is 5.69 Å². The van der Waals surface area contributed by atoms with Crippen LogP contribution in [0.4, 0.5) is 11.4 Å². The molecule has 0 saturated heterocycles. The average Bonchev–Trinajstić information content (AvgIpc) is 2.45. The van der Waals surface area contributed by atoms with Gasteiger partial charge in [-0.2, -0.15) is 0 Å². The third-order valence-electron chi connectivity index (χ3n) is 3.02. The molecule has 1 unspecified atom stereocenters. The van der Waals surface area contributed by atoms with E-state index in [0.717, 1.165) is 6.07 Å². The van der Waals surface area contributed by atoms with E-state index in [-0.39, 0.29) is 17.9 Å². The highest BCUT2D eigenvalue weighted by atomic mass is 16.6. The maximum atomic E-state index is 11.8. The number of carboxylic acid groups (broad SMARTS) is 1. The largest absolute Gasteiger partial charge is 0.480 e. The molecule has 0 bridgehead atoms. The van der Waals surface area contributed by atoms with Crippen molar-refractivity contribution in [3.05, 3.63) is 33.9 Å². The number of aliphatic carboxylic acids is 1. The van der Waals surface area contributed by atoms with Crippen molar-refractivity contribution in [2.45, 2.75) is 19.9 Å². The van der Waals surface area contributed by atoms with Crippen LogP contribution in [-0.2, 0) is 9.53 Å². The van der Waals surface area contributed by atoms with Gasteiger partial charge in [0.05, 0.1) is 11.5 Å². The first-order chi connectivity index (χ1) is 9.79. The Labute approximate surface area is 121 Å². The van der Waals surface area contributed by atoms with Crippen molar-refractivity contribution in [2.24, 2.45) is 0 Å². The lowest BCUT2D eigenvalue weighted by molar-refractivity contribution is -0.385. The Morgan fingerprint density at radius 2 is 2.10 bits per heavy atom. The summed E-state index contributed by atoms with van der Waals surface area (Å²) in [6, 6.07) is 2.96. The predicted molar refractivity (Wildman–Crippen MR) is 74.6 cm³/mol. The monoisotopic (exact) mass is 296 g/mol. The van der Waals surface area contributed by atoms with Crippen molar-refractivity contribution in [3.8, 4) is 0 Å². The molecule has 0 aliphatic carbocycles. The predicted octanol–water partition coefficient (Wildman–Crippen LogP) is 1.68. The molecule has 1 atom stereocenters. The molecule has 0 saturated carbocycles. The Balaban J connectivity index is 3.27. The molecule has 1 aromatic rings. The number of hydrogen-bond donors (Lipinski definition) is 1. The molecule has 0 spiro atoms. The fraction of sp³-hybridized carbons (Fsp3) is 0.385. The molecule has 0 amide bonds. The minimum Gasteiger partial charge on any atom is -0.480 e. The lowest BCUT2D eigenvalue weighted by Gasteiger charge is -2.23. The fourth-order valence-electron chi connectivity index (χ4n) is 1.66. The normalized spacial score (nSPS) is 11.6. The van der Waals surface area contributed by atoms with E-state index in [0.29, 0.717) is 5.69 Å². The number of carbonyl (C=O) groups is 2. The van der Waals surface area contributed by atoms with Crippen LogP contribution in [0.15, 0.2) is 18.2 Å². The summed E-state index contributed by atoms with van der Waals surface area (Å²) in [5, 5.41) is 19.9. The summed E-state index contributed by atoms with van der Waals surface area (Å²) < 4.78 is 4.78. The Morgan fingerprint density at radius 3 is 2.57 bits per heavy atom. The lowest BCUT2D eigenvalue weighted by atomic mass is 10.1. The molecule has 21 heavy (non-hydrogen) atoms. The maximum absolute atomic E-state index is 11.8. The Kier molecular flexibility index (Phi) is 5.23. The van der Waals surface area contributed by atoms with Gasteiger partial charge in [0.15, 0.2) is 0 Å². The third kappa shape index (κ3) is 3.68. The van der Waals surface area contributed by atoms with E-state index in [2.05, 4.69) is 0 Å². The molecule has 0 fully saturated rings. The molecular weight excluding hydrogens is 280 g/mol. The van der Waals surface area contributed by atoms with Gasteiger partial charge in [-0.15, -0.1) is 0 Å². The molecule has 0 heterocycles. The first kappa shape index (κ1) is 16.4. The molecule has 0 aliphatic rings. The zero-order valence-electron chi connectivity index (χ0n) is 11.9. The lowest BCUT2D eigenvalue weighted by Crippen LogP contribution is -2.35. The first-order valence-electron chi connectivity index (χ1n) is 6.20. The van der Waals surface area contributed by atoms with Gasteiger partial charge in [-0.3, -0.25) is 10.1 Å². The van der Waals surface area contributed by atoms with Crippen molar-refractivity contribution in [2.75, 3.05) is 18.6 Å². The van der Waals surface area contributed by atoms with Crippen LogP contribution in [0, 0.1) is 10.1 Å². The topological polar surface area (TPSA) is 110 Å². The highest BCUT2D eigenvalue weighted by molar-refractivity contribution is 5.95. The second kappa shape index (κ2) is 6.69. The van der Waals surface area contributed by atoms with Crippen LogP contribution in [0.3, 0.4) is 0 Å². The smallest absolute Gasteiger partial charge is 0.345 e. The minimum absolute atomic E-state index is 0.0849. The molecule has 1 aromatic carbocycles. The van der Waals surface area contributed by atoms with Crippen LogP contribution in [0.2, 0.25) is 0 Å². The van der Waals surface area contributed by atoms with Crippen LogP contribution in [0.1, 0.15) is 24.2 Å². The number of rotatable bonds is 6. The van der Waals surface area contributed by atoms with Gasteiger partial charge >= 0.3 is 11.9 Å². The maximum Gasteiger partial charge on any atom is 0.345 e. The summed E-state index contributed by atoms with van der Waals surface area (Å²) in [4.78, 5) is 34.4. The number of carbonyl (C=O) groups excluding carboxylic acids is 1. The molecule has 1 N–H and O–H groups in total. The molecule has 114 valence electrons. The van der Waals surface area contributed by atoms with E-state index >= 15 is 0 Å². The van der Waals surface area contributed by atoms with Gasteiger partial charge in [0.1, 0.15) is 11.6 Å². The first-order valence-corrected chi connectivity index (χ1v) is 6.20. The molecule has 8 heteroatoms. The van der Waals surface area contributed by atoms with Gasteiger partial charge in [0, 0.05) is 18.8 Å². The van der Waals surface area contributed by atoms with E-state index in [9.17, 15) is 19.7 Å². The van der Waals surface area contributed by atoms with Crippen LogP contribution in [-0.4, -0.2) is 41.7 Å². The van der Waals surface area contributed by atoms with Gasteiger partial charge in [-0.1, -0.05) is 0 Å². The number of benzene rings is 1. The van der Waals surface area contributed by atoms with E-state index in [1.165, 1.54) is 31.0 Å². The zero-order chi connectivity index (χ0) is 16.2. The van der Waals surface area contributed by atoms with E-state index in [1.54, 1.807) is 6.92 Å². The van der Waals surface area contributed by atoms with E-state index in [4.69, 9.17) is 9.84 Å². The number of likely N-dealkylation sites (N-methyl/N-ethyl adjacent to an activating group) is 1. The second-order valence-corrected chi connectivity index (χ2v) is 4.30. The summed E-state index contributed by atoms with van der Waals surface area (Å²) in [6.45, 7) is 3.14. The Hall–Kier alpha value is -2.64. The van der Waals surface area contributed by atoms with Gasteiger partial charge in [-0.05, 0) is 26.0 Å². The summed E-state index contributed by atoms with van der Waals surface area (Å²) in [5.74, 6) is -1.86. The molecular formula is C13H16N2O6. The molecule has 0 aliphatic heterocycles. The standard InChI is InChI=1S/C13H16N2O6/c1-4-21-13(18)10-7-9(5-6-11(10)15(19)20)14(3)8(2)12(16)17/h5-8H,4H2,1-3H3,(H,16,17). The van der Waals surface area contributed by atoms with Crippen molar-refractivity contribution >= 4 is 23.3 Å². The van der Waals surface area contributed by atoms with Crippen molar-refractivity contribution in [1.82, 2.24) is 0 Å². The van der Waals surface area contributed by atoms with Gasteiger partial charge in [0.2, 0.25) is 0 Å². The number of nitro groups is 1. The van der Waals surface area contributed by atoms with Crippen LogP contribution in [0.5, 0.6) is 0 Å². The van der Waals surface area contributed by atoms with E-state index in [1.807, 2.05) is 0 Å². The van der Waals surface area contributed by atoms with Crippen LogP contribution < -0.4 is 4.90 Å². The van der Waals surface area contributed by atoms with Crippen molar-refractivity contribution in [1.29, 1.82) is 0 Å². The van der Waals surface area contributed by atoms with Crippen LogP contribution >= 0.6 is 0 Å². The molecule has 8 nitrogen and oxygen atoms in total. The second-order valence-electron chi connectivity index (χ2n) is 4.30. The third-order valence-corrected chi connectivity index (χ3v) is 3.02. The number of nitro benzene ring substituents is 1. The summed E-state index contributed by atoms with van der Waals surface area (Å²) >= 11 is 0. The Bertz CT molecular complexity index is 572. The van der Waals surface area contributed by atoms with Crippen molar-refractivity contribution in [3.63, 3.8) is 0 Å². The highest BCUT2D eigenvalue weighted by Crippen LogP contribution is 2.26. The van der Waals surface area contributed by atoms with Crippen molar-refractivity contribution < 1.29 is 24.4 Å². The molecule has 1 rings (SSSR count). The fourth-order valence-corrected chi connectivity index (χ4v) is 1.66. The SMILES string of the molecule is CCOC(=O)c1cc(N(C)C(C)C(=O)O)ccc1[N+](=O)[O-]. The summed E-state index contributed by atoms with van der Waals surface area (Å²) in [5.41, 5.74) is -0.212. The van der Waals surface area contributed by atoms with Gasteiger partial charge in [-0.25, -0.2) is 9.59 Å². The summed E-state index contributed by atoms with van der Waals surface area (Å²) in [6.07, 6.45) is 0. The number of nitrogens with zero attached hydrogens (tertiary/aromatic N) is 2. The molecule has 0 radical (unpaired) electrons. The average molecular weight is 296 g/mol. The Morgan fingerprint density at radius 1 is 1.48 bits per heavy atom. The van der Waals surface area contributed by atoms with Crippen LogP contribution in [0.25, 0.3) is 0 Å². The highest BCUT2D eigenvalue weighted by Gasteiger charge is 2.24. The number of hydrogen-bond acceptors (Lipinski definition) is 6. The number of carboxylic acids is 1. The summed E-state index contributed by atoms with van der Waals surface area (Å²) in [7, 11) is 1.52. The van der Waals surface area contributed by atoms with Gasteiger partial charge < -0.3 is 14.7 Å². The number of ether oxygens (including phenoxy) is 1. The molecule has 0 aromatic heterocycles. The number of anilines is 1. The van der Waals surface area contributed by atoms with E-state index < -0.39 is 22.9 Å². The zero-order valence-corrected chi connectivity index (χ0v) is 11.9.